The lowest BCUT2D eigenvalue weighted by Crippen LogP contribution is -2.20. The highest BCUT2D eigenvalue weighted by Gasteiger charge is 2.16. The van der Waals surface area contributed by atoms with E-state index in [1.165, 1.54) is 4.68 Å². The van der Waals surface area contributed by atoms with Crippen LogP contribution in [0.4, 0.5) is 0 Å². The lowest BCUT2D eigenvalue weighted by atomic mass is 10.2. The van der Waals surface area contributed by atoms with Crippen LogP contribution in [0.15, 0.2) is 111 Å². The molecule has 6 rings (SSSR count). The molecule has 4 aromatic carbocycles. The van der Waals surface area contributed by atoms with Gasteiger partial charge in [0.05, 0.1) is 17.1 Å². The van der Waals surface area contributed by atoms with Gasteiger partial charge in [0.1, 0.15) is 17.9 Å². The van der Waals surface area contributed by atoms with Crippen LogP contribution < -0.4 is 10.3 Å². The van der Waals surface area contributed by atoms with Gasteiger partial charge in [-0.3, -0.25) is 4.79 Å². The molecule has 38 heavy (non-hydrogen) atoms. The van der Waals surface area contributed by atoms with Gasteiger partial charge >= 0.3 is 0 Å². The molecule has 0 aliphatic heterocycles. The first-order valence-corrected chi connectivity index (χ1v) is 12.5. The number of nitrogens with zero attached hydrogens (tertiary/aromatic N) is 3. The number of ether oxygens (including phenoxy) is 1. The minimum atomic E-state index is -0.310. The third-order valence-electron chi connectivity index (χ3n) is 5.95. The second-order valence-corrected chi connectivity index (χ2v) is 9.47. The SMILES string of the molecule is O=c1c2ccccc2nc(-c2cc3cc(Cl)ccc3o2)n1N=Cc1cccc(OCc2ccc(Cl)cc2)c1. The van der Waals surface area contributed by atoms with E-state index in [-0.39, 0.29) is 11.4 Å². The molecular weight excluding hydrogens is 521 g/mol. The summed E-state index contributed by atoms with van der Waals surface area (Å²) in [4.78, 5) is 18.2. The molecule has 0 saturated carbocycles. The predicted molar refractivity (Wildman–Crippen MR) is 151 cm³/mol. The molecule has 0 saturated heterocycles. The normalized spacial score (nSPS) is 11.5. The average molecular weight is 540 g/mol. The summed E-state index contributed by atoms with van der Waals surface area (Å²) in [5, 5.41) is 7.04. The molecule has 2 heterocycles. The fraction of sp³-hybridized carbons (Fsp3) is 0.0333. The number of halogens is 2. The van der Waals surface area contributed by atoms with Crippen LogP contribution >= 0.6 is 23.2 Å². The Hall–Kier alpha value is -4.39. The van der Waals surface area contributed by atoms with Crippen LogP contribution in [0, 0.1) is 0 Å². The van der Waals surface area contributed by atoms with Crippen molar-refractivity contribution in [2.24, 2.45) is 5.10 Å². The third-order valence-corrected chi connectivity index (χ3v) is 6.44. The molecule has 0 atom stereocenters. The van der Waals surface area contributed by atoms with Crippen LogP contribution in [-0.4, -0.2) is 15.9 Å². The zero-order chi connectivity index (χ0) is 26.1. The fourth-order valence-electron chi connectivity index (χ4n) is 4.07. The van der Waals surface area contributed by atoms with Crippen molar-refractivity contribution in [3.63, 3.8) is 0 Å². The van der Waals surface area contributed by atoms with Crippen molar-refractivity contribution in [1.29, 1.82) is 0 Å². The summed E-state index contributed by atoms with van der Waals surface area (Å²) in [6, 6.07) is 29.2. The zero-order valence-electron chi connectivity index (χ0n) is 19.8. The Bertz CT molecular complexity index is 1870. The van der Waals surface area contributed by atoms with Crippen LogP contribution in [0.5, 0.6) is 5.75 Å². The summed E-state index contributed by atoms with van der Waals surface area (Å²) >= 11 is 12.1. The Kier molecular flexibility index (Phi) is 6.42. The Morgan fingerprint density at radius 2 is 1.71 bits per heavy atom. The number of furan rings is 1. The van der Waals surface area contributed by atoms with E-state index in [0.29, 0.717) is 44.6 Å². The first-order chi connectivity index (χ1) is 18.5. The van der Waals surface area contributed by atoms with Crippen molar-refractivity contribution in [2.75, 3.05) is 0 Å². The van der Waals surface area contributed by atoms with Crippen LogP contribution in [0.2, 0.25) is 10.0 Å². The van der Waals surface area contributed by atoms with E-state index in [4.69, 9.17) is 37.3 Å². The zero-order valence-corrected chi connectivity index (χ0v) is 21.4. The second-order valence-electron chi connectivity index (χ2n) is 8.59. The van der Waals surface area contributed by atoms with Gasteiger partial charge < -0.3 is 9.15 Å². The van der Waals surface area contributed by atoms with Crippen molar-refractivity contribution >= 4 is 51.3 Å². The van der Waals surface area contributed by atoms with Gasteiger partial charge in [-0.25, -0.2) is 4.98 Å². The van der Waals surface area contributed by atoms with Gasteiger partial charge in [-0.1, -0.05) is 59.6 Å². The number of hydrogen-bond acceptors (Lipinski definition) is 5. The number of benzene rings is 4. The molecule has 0 N–H and O–H groups in total. The highest BCUT2D eigenvalue weighted by Crippen LogP contribution is 2.29. The maximum atomic E-state index is 13.5. The van der Waals surface area contributed by atoms with E-state index in [1.54, 1.807) is 48.7 Å². The van der Waals surface area contributed by atoms with Gasteiger partial charge in [-0.05, 0) is 71.8 Å². The molecule has 0 bridgehead atoms. The van der Waals surface area contributed by atoms with Gasteiger partial charge in [-0.15, -0.1) is 0 Å². The van der Waals surface area contributed by atoms with E-state index in [0.717, 1.165) is 16.5 Å². The molecule has 0 radical (unpaired) electrons. The van der Waals surface area contributed by atoms with Gasteiger partial charge in [0.25, 0.3) is 5.56 Å². The predicted octanol–water partition coefficient (Wildman–Crippen LogP) is 7.58. The lowest BCUT2D eigenvalue weighted by molar-refractivity contribution is 0.306. The monoisotopic (exact) mass is 539 g/mol. The van der Waals surface area contributed by atoms with Crippen molar-refractivity contribution in [2.45, 2.75) is 6.61 Å². The maximum Gasteiger partial charge on any atom is 0.282 e. The quantitative estimate of drug-likeness (QED) is 0.204. The summed E-state index contributed by atoms with van der Waals surface area (Å²) in [5.74, 6) is 1.36. The molecule has 6 aromatic rings. The maximum absolute atomic E-state index is 13.5. The number of hydrogen-bond donors (Lipinski definition) is 0. The molecule has 2 aromatic heterocycles. The van der Waals surface area contributed by atoms with E-state index in [1.807, 2.05) is 54.6 Å². The smallest absolute Gasteiger partial charge is 0.282 e. The molecule has 0 fully saturated rings. The summed E-state index contributed by atoms with van der Waals surface area (Å²) < 4.78 is 13.2. The average Bonchev–Trinajstić information content (AvgIpc) is 3.35. The number of rotatable bonds is 6. The van der Waals surface area contributed by atoms with Crippen molar-refractivity contribution in [1.82, 2.24) is 9.66 Å². The summed E-state index contributed by atoms with van der Waals surface area (Å²) in [7, 11) is 0. The van der Waals surface area contributed by atoms with E-state index in [2.05, 4.69) is 5.10 Å². The number of para-hydroxylation sites is 1. The Morgan fingerprint density at radius 3 is 2.58 bits per heavy atom. The summed E-state index contributed by atoms with van der Waals surface area (Å²) in [5.41, 5.74) is 2.62. The van der Waals surface area contributed by atoms with E-state index in [9.17, 15) is 4.79 Å². The van der Waals surface area contributed by atoms with E-state index < -0.39 is 0 Å². The van der Waals surface area contributed by atoms with Gasteiger partial charge in [0, 0.05) is 15.4 Å². The summed E-state index contributed by atoms with van der Waals surface area (Å²) in [6.07, 6.45) is 1.59. The molecule has 6 nitrogen and oxygen atoms in total. The first-order valence-electron chi connectivity index (χ1n) is 11.8. The summed E-state index contributed by atoms with van der Waals surface area (Å²) in [6.45, 7) is 0.395. The topological polar surface area (TPSA) is 69.6 Å². The minimum Gasteiger partial charge on any atom is -0.489 e. The third kappa shape index (κ3) is 4.92. The molecule has 8 heteroatoms. The molecular formula is C30H19Cl2N3O3. The van der Waals surface area contributed by atoms with Gasteiger partial charge in [-0.2, -0.15) is 9.78 Å². The molecule has 186 valence electrons. The van der Waals surface area contributed by atoms with Crippen molar-refractivity contribution in [3.8, 4) is 17.3 Å². The van der Waals surface area contributed by atoms with Crippen LogP contribution in [-0.2, 0) is 6.61 Å². The molecule has 0 aliphatic carbocycles. The fourth-order valence-corrected chi connectivity index (χ4v) is 4.38. The standard InChI is InChI=1S/C30H19Cl2N3O3/c31-22-10-8-19(9-11-22)18-37-24-5-3-4-20(14-24)17-33-35-29(34-26-7-2-1-6-25(26)30(35)36)28-16-21-15-23(32)12-13-27(21)38-28/h1-17H,18H2. The minimum absolute atomic E-state index is 0.285. The molecule has 0 spiro atoms. The Morgan fingerprint density at radius 1 is 0.895 bits per heavy atom. The number of fused-ring (bicyclic) bond motifs is 2. The van der Waals surface area contributed by atoms with E-state index >= 15 is 0 Å². The highest BCUT2D eigenvalue weighted by atomic mass is 35.5. The molecule has 0 unspecified atom stereocenters. The Balaban J connectivity index is 1.37. The lowest BCUT2D eigenvalue weighted by Gasteiger charge is -2.08. The van der Waals surface area contributed by atoms with Crippen molar-refractivity contribution in [3.05, 3.63) is 129 Å². The number of aromatic nitrogens is 2. The van der Waals surface area contributed by atoms with Crippen LogP contribution in [0.25, 0.3) is 33.5 Å². The first kappa shape index (κ1) is 24.0. The van der Waals surface area contributed by atoms with Gasteiger partial charge in [0.15, 0.2) is 5.76 Å². The molecule has 0 amide bonds. The van der Waals surface area contributed by atoms with Crippen molar-refractivity contribution < 1.29 is 9.15 Å². The van der Waals surface area contributed by atoms with Crippen LogP contribution in [0.3, 0.4) is 0 Å². The van der Waals surface area contributed by atoms with Gasteiger partial charge in [0.2, 0.25) is 5.82 Å². The second kappa shape index (κ2) is 10.2. The highest BCUT2D eigenvalue weighted by molar-refractivity contribution is 6.31. The Labute approximate surface area is 227 Å². The molecule has 0 aliphatic rings. The largest absolute Gasteiger partial charge is 0.489 e. The van der Waals surface area contributed by atoms with Crippen LogP contribution in [0.1, 0.15) is 11.1 Å².